The van der Waals surface area contributed by atoms with E-state index in [0.29, 0.717) is 16.9 Å². The van der Waals surface area contributed by atoms with Gasteiger partial charge in [-0.15, -0.1) is 0 Å². The third-order valence-corrected chi connectivity index (χ3v) is 6.63. The zero-order valence-electron chi connectivity index (χ0n) is 20.6. The van der Waals surface area contributed by atoms with Crippen molar-refractivity contribution in [3.8, 4) is 5.69 Å². The number of para-hydroxylation sites is 2. The molecule has 1 saturated heterocycles. The van der Waals surface area contributed by atoms with Gasteiger partial charge in [0.15, 0.2) is 0 Å². The van der Waals surface area contributed by atoms with Crippen molar-refractivity contribution in [2.45, 2.75) is 32.7 Å². The fourth-order valence-electron chi connectivity index (χ4n) is 4.97. The normalized spacial score (nSPS) is 14.0. The number of ether oxygens (including phenoxy) is 1. The SMILES string of the molecule is CCOC(=O)c1c(Nc2cccc(CN3CCCCC3)c2)c2ccccc2n(-c2ccccc2)c1=O. The largest absolute Gasteiger partial charge is 0.462 e. The molecule has 6 heteroatoms. The predicted molar refractivity (Wildman–Crippen MR) is 144 cm³/mol. The Bertz CT molecular complexity index is 1420. The average molecular weight is 482 g/mol. The van der Waals surface area contributed by atoms with Crippen LogP contribution in [0.5, 0.6) is 0 Å². The third kappa shape index (κ3) is 4.90. The standard InChI is InChI=1S/C30H31N3O3/c1-2-36-30(35)27-28(31-23-13-11-12-22(20-23)21-32-18-9-4-10-19-32)25-16-7-8-17-26(25)33(29(27)34)24-14-5-3-6-15-24/h3,5-8,11-17,20,31H,2,4,9-10,18-19,21H2,1H3. The molecule has 2 heterocycles. The van der Waals surface area contributed by atoms with Gasteiger partial charge in [0, 0.05) is 23.3 Å². The molecule has 3 aromatic carbocycles. The zero-order valence-corrected chi connectivity index (χ0v) is 20.6. The number of nitrogens with zero attached hydrogens (tertiary/aromatic N) is 2. The highest BCUT2D eigenvalue weighted by atomic mass is 16.5. The first-order chi connectivity index (χ1) is 17.7. The second-order valence-corrected chi connectivity index (χ2v) is 9.13. The molecule has 0 atom stereocenters. The smallest absolute Gasteiger partial charge is 0.345 e. The molecule has 184 valence electrons. The van der Waals surface area contributed by atoms with Crippen molar-refractivity contribution in [1.82, 2.24) is 9.47 Å². The first kappa shape index (κ1) is 23.8. The van der Waals surface area contributed by atoms with E-state index in [-0.39, 0.29) is 12.2 Å². The van der Waals surface area contributed by atoms with Crippen molar-refractivity contribution in [2.24, 2.45) is 0 Å². The molecule has 5 rings (SSSR count). The number of hydrogen-bond acceptors (Lipinski definition) is 5. The molecule has 0 radical (unpaired) electrons. The number of pyridine rings is 1. The number of piperidine rings is 1. The van der Waals surface area contributed by atoms with Crippen LogP contribution >= 0.6 is 0 Å². The predicted octanol–water partition coefficient (Wildman–Crippen LogP) is 5.90. The Morgan fingerprint density at radius 1 is 0.917 bits per heavy atom. The summed E-state index contributed by atoms with van der Waals surface area (Å²) in [6.45, 7) is 5.05. The quantitative estimate of drug-likeness (QED) is 0.333. The summed E-state index contributed by atoms with van der Waals surface area (Å²) >= 11 is 0. The van der Waals surface area contributed by atoms with Gasteiger partial charge in [-0.1, -0.05) is 55.0 Å². The second kappa shape index (κ2) is 10.8. The van der Waals surface area contributed by atoms with Crippen LogP contribution in [0.2, 0.25) is 0 Å². The lowest BCUT2D eigenvalue weighted by atomic mass is 10.1. The highest BCUT2D eigenvalue weighted by Gasteiger charge is 2.24. The number of carbonyl (C=O) groups is 1. The van der Waals surface area contributed by atoms with Crippen LogP contribution < -0.4 is 10.9 Å². The Kier molecular flexibility index (Phi) is 7.14. The summed E-state index contributed by atoms with van der Waals surface area (Å²) in [7, 11) is 0. The number of fused-ring (bicyclic) bond motifs is 1. The Labute approximate surface area is 211 Å². The van der Waals surface area contributed by atoms with E-state index in [1.807, 2.05) is 66.7 Å². The lowest BCUT2D eigenvalue weighted by Crippen LogP contribution is -2.29. The Hall–Kier alpha value is -3.90. The molecule has 0 amide bonds. The van der Waals surface area contributed by atoms with Crippen LogP contribution in [0.1, 0.15) is 42.1 Å². The number of benzene rings is 3. The minimum absolute atomic E-state index is 0.000775. The maximum Gasteiger partial charge on any atom is 0.345 e. The van der Waals surface area contributed by atoms with E-state index in [4.69, 9.17) is 4.74 Å². The van der Waals surface area contributed by atoms with E-state index in [1.54, 1.807) is 11.5 Å². The number of aromatic nitrogens is 1. The molecule has 0 unspecified atom stereocenters. The van der Waals surface area contributed by atoms with Crippen molar-refractivity contribution >= 4 is 28.2 Å². The molecule has 0 bridgehead atoms. The van der Waals surface area contributed by atoms with E-state index in [1.165, 1.54) is 24.8 Å². The highest BCUT2D eigenvalue weighted by Crippen LogP contribution is 2.31. The molecular formula is C30H31N3O3. The molecule has 6 nitrogen and oxygen atoms in total. The summed E-state index contributed by atoms with van der Waals surface area (Å²) in [6.07, 6.45) is 3.78. The number of rotatable bonds is 7. The summed E-state index contributed by atoms with van der Waals surface area (Å²) < 4.78 is 6.94. The molecule has 1 N–H and O–H groups in total. The summed E-state index contributed by atoms with van der Waals surface area (Å²) in [5, 5.41) is 4.19. The molecule has 1 aliphatic heterocycles. The van der Waals surface area contributed by atoms with E-state index in [9.17, 15) is 9.59 Å². The van der Waals surface area contributed by atoms with Crippen LogP contribution in [0.3, 0.4) is 0 Å². The van der Waals surface area contributed by atoms with Gasteiger partial charge in [-0.25, -0.2) is 4.79 Å². The highest BCUT2D eigenvalue weighted by molar-refractivity contribution is 6.06. The first-order valence-electron chi connectivity index (χ1n) is 12.6. The van der Waals surface area contributed by atoms with Gasteiger partial charge in [-0.05, 0) is 68.8 Å². The number of anilines is 2. The maximum atomic E-state index is 13.9. The van der Waals surface area contributed by atoms with Gasteiger partial charge >= 0.3 is 5.97 Å². The fraction of sp³-hybridized carbons (Fsp3) is 0.267. The third-order valence-electron chi connectivity index (χ3n) is 6.63. The number of hydrogen-bond donors (Lipinski definition) is 1. The lowest BCUT2D eigenvalue weighted by molar-refractivity contribution is 0.0525. The van der Waals surface area contributed by atoms with E-state index in [0.717, 1.165) is 30.7 Å². The monoisotopic (exact) mass is 481 g/mol. The molecule has 4 aromatic rings. The van der Waals surface area contributed by atoms with Crippen molar-refractivity contribution in [1.29, 1.82) is 0 Å². The number of likely N-dealkylation sites (tertiary alicyclic amines) is 1. The van der Waals surface area contributed by atoms with Crippen LogP contribution in [0, 0.1) is 0 Å². The van der Waals surface area contributed by atoms with Crippen molar-refractivity contribution in [3.05, 3.63) is 100 Å². The lowest BCUT2D eigenvalue weighted by Gasteiger charge is -2.26. The molecule has 1 fully saturated rings. The van der Waals surface area contributed by atoms with Crippen LogP contribution in [0.25, 0.3) is 16.6 Å². The summed E-state index contributed by atoms with van der Waals surface area (Å²) in [5.41, 5.74) is 3.49. The van der Waals surface area contributed by atoms with Gasteiger partial charge in [0.2, 0.25) is 0 Å². The van der Waals surface area contributed by atoms with E-state index in [2.05, 4.69) is 22.3 Å². The fourth-order valence-corrected chi connectivity index (χ4v) is 4.97. The van der Waals surface area contributed by atoms with Gasteiger partial charge < -0.3 is 10.1 Å². The van der Waals surface area contributed by atoms with Crippen molar-refractivity contribution in [3.63, 3.8) is 0 Å². The molecule has 0 saturated carbocycles. The van der Waals surface area contributed by atoms with E-state index >= 15 is 0 Å². The van der Waals surface area contributed by atoms with Crippen molar-refractivity contribution < 1.29 is 9.53 Å². The zero-order chi connectivity index (χ0) is 24.9. The van der Waals surface area contributed by atoms with Gasteiger partial charge in [-0.2, -0.15) is 0 Å². The van der Waals surface area contributed by atoms with Gasteiger partial charge in [0.1, 0.15) is 5.56 Å². The topological polar surface area (TPSA) is 63.6 Å². The molecule has 0 spiro atoms. The van der Waals surface area contributed by atoms with Crippen molar-refractivity contribution in [2.75, 3.05) is 25.0 Å². The number of carbonyl (C=O) groups excluding carboxylic acids is 1. The summed E-state index contributed by atoms with van der Waals surface area (Å²) in [4.78, 5) is 29.5. The maximum absolute atomic E-state index is 13.9. The second-order valence-electron chi connectivity index (χ2n) is 9.13. The molecule has 36 heavy (non-hydrogen) atoms. The molecule has 1 aliphatic rings. The van der Waals surface area contributed by atoms with Crippen LogP contribution in [0.15, 0.2) is 83.7 Å². The summed E-state index contributed by atoms with van der Waals surface area (Å²) in [5.74, 6) is -0.634. The Morgan fingerprint density at radius 3 is 2.44 bits per heavy atom. The molecule has 1 aromatic heterocycles. The minimum atomic E-state index is -0.634. The number of esters is 1. The van der Waals surface area contributed by atoms with E-state index < -0.39 is 11.5 Å². The average Bonchev–Trinajstić information content (AvgIpc) is 2.90. The van der Waals surface area contributed by atoms with Crippen LogP contribution in [-0.2, 0) is 11.3 Å². The van der Waals surface area contributed by atoms with Crippen LogP contribution in [0.4, 0.5) is 11.4 Å². The Balaban J connectivity index is 1.63. The molecular weight excluding hydrogens is 450 g/mol. The van der Waals surface area contributed by atoms with Gasteiger partial charge in [-0.3, -0.25) is 14.3 Å². The minimum Gasteiger partial charge on any atom is -0.462 e. The summed E-state index contributed by atoms with van der Waals surface area (Å²) in [6, 6.07) is 25.2. The first-order valence-corrected chi connectivity index (χ1v) is 12.6. The van der Waals surface area contributed by atoms with Gasteiger partial charge in [0.05, 0.1) is 17.8 Å². The molecule has 0 aliphatic carbocycles. The Morgan fingerprint density at radius 2 is 1.67 bits per heavy atom. The number of nitrogens with one attached hydrogen (secondary N) is 1. The van der Waals surface area contributed by atoms with Gasteiger partial charge in [0.25, 0.3) is 5.56 Å². The van der Waals surface area contributed by atoms with Crippen LogP contribution in [-0.4, -0.2) is 35.1 Å².